The summed E-state index contributed by atoms with van der Waals surface area (Å²) in [6.07, 6.45) is -0.283. The average molecular weight is 520 g/mol. The number of halogens is 2. The van der Waals surface area contributed by atoms with Gasteiger partial charge in [0.2, 0.25) is 0 Å². The van der Waals surface area contributed by atoms with Gasteiger partial charge in [-0.15, -0.1) is 0 Å². The number of carbonyl (C=O) groups excluding carboxylic acids is 2. The van der Waals surface area contributed by atoms with Crippen LogP contribution in [0.25, 0.3) is 0 Å². The van der Waals surface area contributed by atoms with Gasteiger partial charge in [0.05, 0.1) is 36.0 Å². The molecule has 35 heavy (non-hydrogen) atoms. The molecule has 1 atom stereocenters. The number of ether oxygens (including phenoxy) is 2. The summed E-state index contributed by atoms with van der Waals surface area (Å²) in [7, 11) is 0. The van der Waals surface area contributed by atoms with Gasteiger partial charge in [0.1, 0.15) is 0 Å². The minimum atomic E-state index is -0.283. The van der Waals surface area contributed by atoms with Gasteiger partial charge in [-0.1, -0.05) is 40.9 Å². The van der Waals surface area contributed by atoms with Gasteiger partial charge in [-0.3, -0.25) is 14.5 Å². The lowest BCUT2D eigenvalue weighted by Gasteiger charge is -2.37. The lowest BCUT2D eigenvalue weighted by atomic mass is 10.1. The van der Waals surface area contributed by atoms with E-state index in [1.165, 1.54) is 0 Å². The maximum Gasteiger partial charge on any atom is 0.254 e. The second kappa shape index (κ2) is 12.2. The van der Waals surface area contributed by atoms with Crippen molar-refractivity contribution < 1.29 is 19.1 Å². The topological polar surface area (TPSA) is 62.3 Å². The van der Waals surface area contributed by atoms with E-state index in [4.69, 9.17) is 32.7 Å². The smallest absolute Gasteiger partial charge is 0.254 e. The predicted molar refractivity (Wildman–Crippen MR) is 136 cm³/mol. The number of carbonyl (C=O) groups is 2. The van der Waals surface area contributed by atoms with E-state index < -0.39 is 0 Å². The average Bonchev–Trinajstić information content (AvgIpc) is 2.88. The molecule has 2 fully saturated rings. The number of nitrogens with zero attached hydrogens (tertiary/aromatic N) is 3. The summed E-state index contributed by atoms with van der Waals surface area (Å²) < 4.78 is 11.4. The number of aryl methyl sites for hydroxylation is 1. The van der Waals surface area contributed by atoms with Gasteiger partial charge in [-0.2, -0.15) is 0 Å². The van der Waals surface area contributed by atoms with Gasteiger partial charge >= 0.3 is 0 Å². The Bertz CT molecular complexity index is 1030. The highest BCUT2D eigenvalue weighted by Crippen LogP contribution is 2.24. The molecular weight excluding hydrogens is 489 g/mol. The van der Waals surface area contributed by atoms with Gasteiger partial charge in [-0.05, 0) is 37.3 Å². The van der Waals surface area contributed by atoms with Crippen molar-refractivity contribution in [3.63, 3.8) is 0 Å². The second-order valence-corrected chi connectivity index (χ2v) is 9.76. The molecule has 9 heteroatoms. The Balaban J connectivity index is 1.44. The Morgan fingerprint density at radius 2 is 1.69 bits per heavy atom. The quantitative estimate of drug-likeness (QED) is 0.559. The van der Waals surface area contributed by atoms with Gasteiger partial charge in [0, 0.05) is 56.9 Å². The predicted octanol–water partition coefficient (Wildman–Crippen LogP) is 3.62. The third kappa shape index (κ3) is 6.96. The molecular formula is C26H31Cl2N3O4. The molecule has 2 aliphatic rings. The number of amides is 2. The van der Waals surface area contributed by atoms with Crippen LogP contribution in [0.1, 0.15) is 26.3 Å². The molecule has 0 spiro atoms. The van der Waals surface area contributed by atoms with Crippen molar-refractivity contribution in [2.75, 3.05) is 65.6 Å². The molecule has 0 N–H and O–H groups in total. The van der Waals surface area contributed by atoms with Gasteiger partial charge < -0.3 is 19.3 Å². The Kier molecular flexibility index (Phi) is 9.03. The van der Waals surface area contributed by atoms with Crippen molar-refractivity contribution in [2.45, 2.75) is 13.0 Å². The van der Waals surface area contributed by atoms with E-state index in [0.29, 0.717) is 67.2 Å². The zero-order valence-corrected chi connectivity index (χ0v) is 21.4. The van der Waals surface area contributed by atoms with Crippen molar-refractivity contribution in [3.05, 3.63) is 69.2 Å². The summed E-state index contributed by atoms with van der Waals surface area (Å²) >= 11 is 12.1. The maximum absolute atomic E-state index is 13.4. The number of benzene rings is 2. The molecule has 2 saturated heterocycles. The summed E-state index contributed by atoms with van der Waals surface area (Å²) in [5.74, 6) is -0.156. The Hall–Kier alpha value is -2.16. The van der Waals surface area contributed by atoms with E-state index >= 15 is 0 Å². The number of morpholine rings is 2. The van der Waals surface area contributed by atoms with Gasteiger partial charge in [0.25, 0.3) is 11.8 Å². The van der Waals surface area contributed by atoms with Crippen molar-refractivity contribution in [1.29, 1.82) is 0 Å². The molecule has 0 aromatic heterocycles. The van der Waals surface area contributed by atoms with E-state index in [2.05, 4.69) is 4.90 Å². The van der Waals surface area contributed by atoms with Gasteiger partial charge in [0.15, 0.2) is 0 Å². The summed E-state index contributed by atoms with van der Waals surface area (Å²) in [5.41, 5.74) is 2.24. The van der Waals surface area contributed by atoms with Crippen LogP contribution in [0.2, 0.25) is 10.0 Å². The van der Waals surface area contributed by atoms with Crippen LogP contribution in [-0.2, 0) is 9.47 Å². The number of rotatable bonds is 7. The molecule has 2 aromatic carbocycles. The van der Waals surface area contributed by atoms with Crippen LogP contribution in [-0.4, -0.2) is 98.3 Å². The van der Waals surface area contributed by atoms with Crippen LogP contribution < -0.4 is 0 Å². The van der Waals surface area contributed by atoms with Crippen molar-refractivity contribution in [3.8, 4) is 0 Å². The first-order chi connectivity index (χ1) is 16.9. The standard InChI is InChI=1S/C26H31Cl2N3O4/c1-19-2-4-20(5-3-19)25(32)30(9-8-29-10-13-34-14-11-29)17-22-18-31(12-15-35-22)26(33)21-6-7-23(27)24(28)16-21/h2-7,16,22H,8-15,17-18H2,1H3. The van der Waals surface area contributed by atoms with Crippen molar-refractivity contribution >= 4 is 35.0 Å². The first kappa shape index (κ1) is 25.9. The lowest BCUT2D eigenvalue weighted by Crippen LogP contribution is -2.52. The molecule has 188 valence electrons. The van der Waals surface area contributed by atoms with Crippen LogP contribution >= 0.6 is 23.2 Å². The van der Waals surface area contributed by atoms with Crippen molar-refractivity contribution in [2.24, 2.45) is 0 Å². The molecule has 0 bridgehead atoms. The highest BCUT2D eigenvalue weighted by Gasteiger charge is 2.29. The minimum Gasteiger partial charge on any atom is -0.379 e. The fourth-order valence-electron chi connectivity index (χ4n) is 4.31. The highest BCUT2D eigenvalue weighted by atomic mass is 35.5. The molecule has 0 radical (unpaired) electrons. The molecule has 2 aliphatic heterocycles. The van der Waals surface area contributed by atoms with Gasteiger partial charge in [-0.25, -0.2) is 0 Å². The largest absolute Gasteiger partial charge is 0.379 e. The molecule has 0 saturated carbocycles. The normalized spacial score (nSPS) is 18.9. The van der Waals surface area contributed by atoms with E-state index in [1.807, 2.05) is 36.1 Å². The number of hydrogen-bond donors (Lipinski definition) is 0. The summed E-state index contributed by atoms with van der Waals surface area (Å²) in [6.45, 7) is 8.18. The third-order valence-corrected chi connectivity index (χ3v) is 7.13. The highest BCUT2D eigenvalue weighted by molar-refractivity contribution is 6.42. The van der Waals surface area contributed by atoms with E-state index in [-0.39, 0.29) is 17.9 Å². The van der Waals surface area contributed by atoms with Crippen LogP contribution in [0.4, 0.5) is 0 Å². The van der Waals surface area contributed by atoms with Crippen molar-refractivity contribution in [1.82, 2.24) is 14.7 Å². The molecule has 2 heterocycles. The SMILES string of the molecule is Cc1ccc(C(=O)N(CCN2CCOCC2)CC2CN(C(=O)c3ccc(Cl)c(Cl)c3)CCO2)cc1. The lowest BCUT2D eigenvalue weighted by molar-refractivity contribution is -0.0346. The zero-order chi connectivity index (χ0) is 24.8. The van der Waals surface area contributed by atoms with Crippen LogP contribution in [0.15, 0.2) is 42.5 Å². The number of hydrogen-bond acceptors (Lipinski definition) is 5. The van der Waals surface area contributed by atoms with Crippen LogP contribution in [0.5, 0.6) is 0 Å². The summed E-state index contributed by atoms with van der Waals surface area (Å²) in [6, 6.07) is 12.5. The molecule has 1 unspecified atom stereocenters. The Morgan fingerprint density at radius 3 is 2.40 bits per heavy atom. The monoisotopic (exact) mass is 519 g/mol. The third-order valence-electron chi connectivity index (χ3n) is 6.39. The molecule has 7 nitrogen and oxygen atoms in total. The second-order valence-electron chi connectivity index (χ2n) is 8.94. The fourth-order valence-corrected chi connectivity index (χ4v) is 4.61. The van der Waals surface area contributed by atoms with Crippen LogP contribution in [0.3, 0.4) is 0 Å². The zero-order valence-electron chi connectivity index (χ0n) is 19.9. The molecule has 0 aliphatic carbocycles. The first-order valence-corrected chi connectivity index (χ1v) is 12.7. The Morgan fingerprint density at radius 1 is 0.971 bits per heavy atom. The van der Waals surface area contributed by atoms with E-state index in [0.717, 1.165) is 25.2 Å². The fraction of sp³-hybridized carbons (Fsp3) is 0.462. The van der Waals surface area contributed by atoms with Crippen LogP contribution in [0, 0.1) is 6.92 Å². The van der Waals surface area contributed by atoms with E-state index in [9.17, 15) is 9.59 Å². The maximum atomic E-state index is 13.4. The molecule has 2 aromatic rings. The summed E-state index contributed by atoms with van der Waals surface area (Å²) in [4.78, 5) is 32.4. The summed E-state index contributed by atoms with van der Waals surface area (Å²) in [5, 5.41) is 0.758. The Labute approximate surface area is 216 Å². The molecule has 4 rings (SSSR count). The van der Waals surface area contributed by atoms with E-state index in [1.54, 1.807) is 23.1 Å². The first-order valence-electron chi connectivity index (χ1n) is 11.9. The minimum absolute atomic E-state index is 0.0326. The molecule has 2 amide bonds.